The van der Waals surface area contributed by atoms with Gasteiger partial charge in [-0.05, 0) is 55.8 Å². The lowest BCUT2D eigenvalue weighted by Gasteiger charge is -2.12. The molecule has 0 aliphatic carbocycles. The first kappa shape index (κ1) is 21.8. The third-order valence-corrected chi connectivity index (χ3v) is 5.78. The van der Waals surface area contributed by atoms with E-state index >= 15 is 0 Å². The number of hydrogen-bond donors (Lipinski definition) is 4. The zero-order valence-corrected chi connectivity index (χ0v) is 17.6. The van der Waals surface area contributed by atoms with E-state index in [4.69, 9.17) is 0 Å². The van der Waals surface area contributed by atoms with Gasteiger partial charge in [-0.15, -0.1) is 0 Å². The van der Waals surface area contributed by atoms with Crippen molar-refractivity contribution in [3.63, 3.8) is 0 Å². The van der Waals surface area contributed by atoms with Gasteiger partial charge in [0, 0.05) is 17.2 Å². The Bertz CT molecular complexity index is 1270. The minimum Gasteiger partial charge on any atom is -0.508 e. The number of hydrogen-bond acceptors (Lipinski definition) is 6. The molecule has 31 heavy (non-hydrogen) atoms. The standard InChI is InChI=1S/C22H21N3O5S/c1-14-6-9-20(15(2)10-14)25-31(29,30)19-5-3-4-16(11-19)22(28)24-23-13-17-7-8-18(26)12-21(17)27/h3-13,25-27H,1-2H3,(H,24,28). The van der Waals surface area contributed by atoms with E-state index in [0.717, 1.165) is 17.2 Å². The van der Waals surface area contributed by atoms with Gasteiger partial charge in [0.2, 0.25) is 0 Å². The van der Waals surface area contributed by atoms with Crippen molar-refractivity contribution in [2.24, 2.45) is 5.10 Å². The summed E-state index contributed by atoms with van der Waals surface area (Å²) in [6.07, 6.45) is 1.20. The number of rotatable bonds is 6. The largest absolute Gasteiger partial charge is 0.508 e. The molecule has 0 atom stereocenters. The molecule has 0 bridgehead atoms. The second kappa shape index (κ2) is 8.88. The summed E-state index contributed by atoms with van der Waals surface area (Å²) in [5, 5.41) is 22.8. The van der Waals surface area contributed by atoms with E-state index in [1.54, 1.807) is 19.1 Å². The van der Waals surface area contributed by atoms with E-state index in [2.05, 4.69) is 15.2 Å². The Balaban J connectivity index is 1.75. The average molecular weight is 439 g/mol. The number of nitrogens with zero attached hydrogens (tertiary/aromatic N) is 1. The van der Waals surface area contributed by atoms with Crippen molar-refractivity contribution < 1.29 is 23.4 Å². The molecule has 0 aromatic heterocycles. The van der Waals surface area contributed by atoms with E-state index in [9.17, 15) is 23.4 Å². The van der Waals surface area contributed by atoms with Crippen molar-refractivity contribution in [3.8, 4) is 11.5 Å². The van der Waals surface area contributed by atoms with Crippen molar-refractivity contribution >= 4 is 27.8 Å². The molecule has 0 radical (unpaired) electrons. The van der Waals surface area contributed by atoms with Gasteiger partial charge in [0.15, 0.2) is 0 Å². The van der Waals surface area contributed by atoms with Gasteiger partial charge < -0.3 is 10.2 Å². The molecule has 0 unspecified atom stereocenters. The number of aromatic hydroxyl groups is 2. The van der Waals surface area contributed by atoms with Crippen LogP contribution in [0, 0.1) is 13.8 Å². The number of anilines is 1. The molecule has 3 aromatic carbocycles. The Labute approximate surface area is 179 Å². The monoisotopic (exact) mass is 439 g/mol. The maximum absolute atomic E-state index is 12.8. The van der Waals surface area contributed by atoms with Crippen LogP contribution in [0.4, 0.5) is 5.69 Å². The predicted octanol–water partition coefficient (Wildman–Crippen LogP) is 3.28. The van der Waals surface area contributed by atoms with Crippen molar-refractivity contribution in [2.45, 2.75) is 18.7 Å². The molecule has 0 aliphatic rings. The first-order valence-corrected chi connectivity index (χ1v) is 10.7. The van der Waals surface area contributed by atoms with Crippen LogP contribution in [0.5, 0.6) is 11.5 Å². The van der Waals surface area contributed by atoms with Crippen LogP contribution in [0.15, 0.2) is 70.7 Å². The number of amides is 1. The Kier molecular flexibility index (Phi) is 6.26. The number of sulfonamides is 1. The number of hydrazone groups is 1. The number of carbonyl (C=O) groups excluding carboxylic acids is 1. The molecular formula is C22H21N3O5S. The number of benzene rings is 3. The Morgan fingerprint density at radius 1 is 1.00 bits per heavy atom. The number of carbonyl (C=O) groups is 1. The summed E-state index contributed by atoms with van der Waals surface area (Å²) in [7, 11) is -3.90. The summed E-state index contributed by atoms with van der Waals surface area (Å²) in [5.41, 5.74) is 4.91. The summed E-state index contributed by atoms with van der Waals surface area (Å²) in [4.78, 5) is 12.3. The Morgan fingerprint density at radius 3 is 2.48 bits per heavy atom. The van der Waals surface area contributed by atoms with Crippen molar-refractivity contribution in [1.29, 1.82) is 0 Å². The smallest absolute Gasteiger partial charge is 0.271 e. The number of aryl methyl sites for hydroxylation is 2. The van der Waals surface area contributed by atoms with Crippen LogP contribution in [-0.4, -0.2) is 30.8 Å². The topological polar surface area (TPSA) is 128 Å². The van der Waals surface area contributed by atoms with Gasteiger partial charge in [-0.2, -0.15) is 5.10 Å². The molecule has 3 rings (SSSR count). The van der Waals surface area contributed by atoms with Gasteiger partial charge in [0.05, 0.1) is 16.8 Å². The normalized spacial score (nSPS) is 11.4. The highest BCUT2D eigenvalue weighted by Crippen LogP contribution is 2.22. The fraction of sp³-hybridized carbons (Fsp3) is 0.0909. The van der Waals surface area contributed by atoms with Gasteiger partial charge >= 0.3 is 0 Å². The SMILES string of the molecule is Cc1ccc(NS(=O)(=O)c2cccc(C(=O)NN=Cc3ccc(O)cc3O)c2)c(C)c1. The Hall–Kier alpha value is -3.85. The van der Waals surface area contributed by atoms with E-state index in [1.165, 1.54) is 42.6 Å². The van der Waals surface area contributed by atoms with Crippen LogP contribution in [0.2, 0.25) is 0 Å². The van der Waals surface area contributed by atoms with E-state index in [0.29, 0.717) is 5.69 Å². The Morgan fingerprint density at radius 2 is 1.77 bits per heavy atom. The molecule has 3 aromatic rings. The number of phenols is 2. The lowest BCUT2D eigenvalue weighted by Crippen LogP contribution is -2.19. The van der Waals surface area contributed by atoms with Crippen LogP contribution in [0.3, 0.4) is 0 Å². The summed E-state index contributed by atoms with van der Waals surface area (Å²) in [5.74, 6) is -0.937. The van der Waals surface area contributed by atoms with Crippen molar-refractivity contribution in [3.05, 3.63) is 82.9 Å². The molecule has 8 nitrogen and oxygen atoms in total. The highest BCUT2D eigenvalue weighted by molar-refractivity contribution is 7.92. The molecule has 9 heteroatoms. The number of phenolic OH excluding ortho intramolecular Hbond substituents is 2. The van der Waals surface area contributed by atoms with E-state index < -0.39 is 15.9 Å². The average Bonchev–Trinajstić information content (AvgIpc) is 2.72. The highest BCUT2D eigenvalue weighted by atomic mass is 32.2. The second-order valence-corrected chi connectivity index (χ2v) is 8.58. The third-order valence-electron chi connectivity index (χ3n) is 4.42. The van der Waals surface area contributed by atoms with Crippen LogP contribution >= 0.6 is 0 Å². The molecule has 160 valence electrons. The van der Waals surface area contributed by atoms with Gasteiger partial charge in [0.25, 0.3) is 15.9 Å². The van der Waals surface area contributed by atoms with Crippen LogP contribution in [-0.2, 0) is 10.0 Å². The van der Waals surface area contributed by atoms with Crippen molar-refractivity contribution in [1.82, 2.24) is 5.43 Å². The second-order valence-electron chi connectivity index (χ2n) is 6.89. The first-order chi connectivity index (χ1) is 14.7. The fourth-order valence-electron chi connectivity index (χ4n) is 2.80. The summed E-state index contributed by atoms with van der Waals surface area (Å²) in [6, 6.07) is 14.8. The molecule has 0 saturated carbocycles. The molecule has 0 heterocycles. The van der Waals surface area contributed by atoms with Crippen LogP contribution < -0.4 is 10.1 Å². The highest BCUT2D eigenvalue weighted by Gasteiger charge is 2.17. The maximum atomic E-state index is 12.8. The lowest BCUT2D eigenvalue weighted by atomic mass is 10.1. The molecular weight excluding hydrogens is 418 g/mol. The molecule has 0 saturated heterocycles. The van der Waals surface area contributed by atoms with Crippen molar-refractivity contribution in [2.75, 3.05) is 4.72 Å². The summed E-state index contributed by atoms with van der Waals surface area (Å²) >= 11 is 0. The minimum absolute atomic E-state index is 0.0692. The lowest BCUT2D eigenvalue weighted by molar-refractivity contribution is 0.0955. The van der Waals surface area contributed by atoms with E-state index in [1.807, 2.05) is 13.0 Å². The van der Waals surface area contributed by atoms with E-state index in [-0.39, 0.29) is 27.5 Å². The maximum Gasteiger partial charge on any atom is 0.271 e. The summed E-state index contributed by atoms with van der Waals surface area (Å²) < 4.78 is 28.0. The van der Waals surface area contributed by atoms with Gasteiger partial charge in [-0.3, -0.25) is 9.52 Å². The molecule has 1 amide bonds. The minimum atomic E-state index is -3.90. The quantitative estimate of drug-likeness (QED) is 0.346. The third kappa shape index (κ3) is 5.40. The molecule has 0 fully saturated rings. The van der Waals surface area contributed by atoms with Gasteiger partial charge in [-0.1, -0.05) is 23.8 Å². The molecule has 0 spiro atoms. The summed E-state index contributed by atoms with van der Waals surface area (Å²) in [6.45, 7) is 3.72. The molecule has 4 N–H and O–H groups in total. The van der Waals surface area contributed by atoms with Crippen LogP contribution in [0.25, 0.3) is 0 Å². The first-order valence-electron chi connectivity index (χ1n) is 9.21. The fourth-order valence-corrected chi connectivity index (χ4v) is 3.98. The molecule has 0 aliphatic heterocycles. The van der Waals surface area contributed by atoms with Gasteiger partial charge in [0.1, 0.15) is 11.5 Å². The van der Waals surface area contributed by atoms with Crippen LogP contribution in [0.1, 0.15) is 27.0 Å². The van der Waals surface area contributed by atoms with Gasteiger partial charge in [-0.25, -0.2) is 13.8 Å². The number of nitrogens with one attached hydrogen (secondary N) is 2. The predicted molar refractivity (Wildman–Crippen MR) is 118 cm³/mol. The zero-order chi connectivity index (χ0) is 22.6. The zero-order valence-electron chi connectivity index (χ0n) is 16.8.